The third kappa shape index (κ3) is 6.01. The third-order valence-corrected chi connectivity index (χ3v) is 4.33. The number of rotatable bonds is 7. The first-order chi connectivity index (χ1) is 13.1. The van der Waals surface area contributed by atoms with Crippen LogP contribution in [0.25, 0.3) is 0 Å². The van der Waals surface area contributed by atoms with Crippen molar-refractivity contribution in [3.05, 3.63) is 65.2 Å². The molecule has 1 heterocycles. The normalized spacial score (nSPS) is 14.9. The smallest absolute Gasteiger partial charge is 0.387 e. The largest absolute Gasteiger partial charge is 0.435 e. The molecule has 2 aromatic rings. The first kappa shape index (κ1) is 19.3. The van der Waals surface area contributed by atoms with Crippen LogP contribution in [0, 0.1) is 0 Å². The number of carbonyl (C=O) groups is 1. The van der Waals surface area contributed by atoms with E-state index in [2.05, 4.69) is 27.1 Å². The summed E-state index contributed by atoms with van der Waals surface area (Å²) in [5, 5.41) is 2.82. The van der Waals surface area contributed by atoms with Gasteiger partial charge in [0.25, 0.3) is 5.91 Å². The maximum absolute atomic E-state index is 12.2. The lowest BCUT2D eigenvalue weighted by Gasteiger charge is -2.26. The van der Waals surface area contributed by atoms with Gasteiger partial charge in [-0.1, -0.05) is 24.3 Å². The van der Waals surface area contributed by atoms with Crippen molar-refractivity contribution in [3.8, 4) is 5.75 Å². The van der Waals surface area contributed by atoms with Gasteiger partial charge >= 0.3 is 6.61 Å². The average molecular weight is 376 g/mol. The van der Waals surface area contributed by atoms with Crippen LogP contribution in [-0.2, 0) is 17.8 Å². The summed E-state index contributed by atoms with van der Waals surface area (Å²) in [5.41, 5.74) is 2.61. The summed E-state index contributed by atoms with van der Waals surface area (Å²) in [4.78, 5) is 14.5. The number of alkyl halides is 2. The van der Waals surface area contributed by atoms with Crippen LogP contribution in [0.15, 0.2) is 48.5 Å². The lowest BCUT2D eigenvalue weighted by Crippen LogP contribution is -2.35. The van der Waals surface area contributed by atoms with Crippen molar-refractivity contribution in [1.82, 2.24) is 10.2 Å². The van der Waals surface area contributed by atoms with Crippen molar-refractivity contribution in [1.29, 1.82) is 0 Å². The highest BCUT2D eigenvalue weighted by Gasteiger charge is 2.11. The Morgan fingerprint density at radius 1 is 1.04 bits per heavy atom. The van der Waals surface area contributed by atoms with Gasteiger partial charge in [0.1, 0.15) is 5.75 Å². The van der Waals surface area contributed by atoms with Crippen molar-refractivity contribution >= 4 is 5.91 Å². The topological polar surface area (TPSA) is 50.8 Å². The zero-order chi connectivity index (χ0) is 19.1. The van der Waals surface area contributed by atoms with Gasteiger partial charge in [-0.05, 0) is 35.4 Å². The predicted molar refractivity (Wildman–Crippen MR) is 96.8 cm³/mol. The summed E-state index contributed by atoms with van der Waals surface area (Å²) in [6, 6.07) is 13.7. The number of amides is 1. The molecule has 0 bridgehead atoms. The molecule has 7 heteroatoms. The second-order valence-electron chi connectivity index (χ2n) is 6.29. The standard InChI is InChI=1S/C20H22F2N2O3/c21-20(22)27-18-7-5-17(6-8-18)19(25)23-13-15-1-3-16(4-2-15)14-24-9-11-26-12-10-24/h1-8,20H,9-14H2,(H,23,25). The molecule has 0 unspecified atom stereocenters. The van der Waals surface area contributed by atoms with E-state index in [-0.39, 0.29) is 11.7 Å². The molecule has 0 aliphatic carbocycles. The Kier molecular flexibility index (Phi) is 6.73. The molecule has 0 saturated carbocycles. The summed E-state index contributed by atoms with van der Waals surface area (Å²) in [6.45, 7) is 1.85. The second-order valence-corrected chi connectivity index (χ2v) is 6.29. The third-order valence-electron chi connectivity index (χ3n) is 4.33. The highest BCUT2D eigenvalue weighted by molar-refractivity contribution is 5.94. The molecule has 1 fully saturated rings. The maximum Gasteiger partial charge on any atom is 0.387 e. The van der Waals surface area contributed by atoms with Gasteiger partial charge in [0.15, 0.2) is 0 Å². The van der Waals surface area contributed by atoms with Crippen molar-refractivity contribution in [2.24, 2.45) is 0 Å². The number of hydrogen-bond donors (Lipinski definition) is 1. The van der Waals surface area contributed by atoms with Crippen LogP contribution in [0.2, 0.25) is 0 Å². The predicted octanol–water partition coefficient (Wildman–Crippen LogP) is 3.05. The number of carbonyl (C=O) groups excluding carboxylic acids is 1. The number of nitrogens with zero attached hydrogens (tertiary/aromatic N) is 1. The molecule has 3 rings (SSSR count). The molecule has 144 valence electrons. The fraction of sp³-hybridized carbons (Fsp3) is 0.350. The fourth-order valence-corrected chi connectivity index (χ4v) is 2.85. The van der Waals surface area contributed by atoms with Crippen molar-refractivity contribution in [3.63, 3.8) is 0 Å². The van der Waals surface area contributed by atoms with Crippen LogP contribution >= 0.6 is 0 Å². The Balaban J connectivity index is 1.48. The number of halogens is 2. The van der Waals surface area contributed by atoms with Crippen LogP contribution in [0.3, 0.4) is 0 Å². The van der Waals surface area contributed by atoms with Crippen molar-refractivity contribution < 1.29 is 23.0 Å². The summed E-state index contributed by atoms with van der Waals surface area (Å²) in [7, 11) is 0. The molecule has 2 aromatic carbocycles. The molecule has 1 aliphatic rings. The van der Waals surface area contributed by atoms with E-state index in [4.69, 9.17) is 4.74 Å². The zero-order valence-electron chi connectivity index (χ0n) is 14.9. The maximum atomic E-state index is 12.2. The van der Waals surface area contributed by atoms with E-state index in [1.165, 1.54) is 29.8 Å². The van der Waals surface area contributed by atoms with E-state index < -0.39 is 6.61 Å². The van der Waals surface area contributed by atoms with Gasteiger partial charge in [0, 0.05) is 31.7 Å². The Labute approximate surface area is 156 Å². The van der Waals surface area contributed by atoms with E-state index in [9.17, 15) is 13.6 Å². The van der Waals surface area contributed by atoms with E-state index in [1.807, 2.05) is 12.1 Å². The van der Waals surface area contributed by atoms with E-state index in [0.717, 1.165) is 38.4 Å². The molecule has 1 saturated heterocycles. The lowest BCUT2D eigenvalue weighted by atomic mass is 10.1. The van der Waals surface area contributed by atoms with E-state index in [0.29, 0.717) is 12.1 Å². The zero-order valence-corrected chi connectivity index (χ0v) is 14.9. The highest BCUT2D eigenvalue weighted by Crippen LogP contribution is 2.15. The monoisotopic (exact) mass is 376 g/mol. The summed E-state index contributed by atoms with van der Waals surface area (Å²) < 4.78 is 33.9. The number of hydrogen-bond acceptors (Lipinski definition) is 4. The van der Waals surface area contributed by atoms with Crippen LogP contribution in [0.1, 0.15) is 21.5 Å². The molecular formula is C20H22F2N2O3. The fourth-order valence-electron chi connectivity index (χ4n) is 2.85. The summed E-state index contributed by atoms with van der Waals surface area (Å²) >= 11 is 0. The van der Waals surface area contributed by atoms with Gasteiger partial charge in [0.05, 0.1) is 13.2 Å². The minimum Gasteiger partial charge on any atom is -0.435 e. The average Bonchev–Trinajstić information content (AvgIpc) is 2.68. The molecule has 5 nitrogen and oxygen atoms in total. The Morgan fingerprint density at radius 3 is 2.30 bits per heavy atom. The number of ether oxygens (including phenoxy) is 2. The summed E-state index contributed by atoms with van der Waals surface area (Å²) in [6.07, 6.45) is 0. The lowest BCUT2D eigenvalue weighted by molar-refractivity contribution is -0.0498. The number of nitrogens with one attached hydrogen (secondary N) is 1. The van der Waals surface area contributed by atoms with E-state index in [1.54, 1.807) is 0 Å². The SMILES string of the molecule is O=C(NCc1ccc(CN2CCOCC2)cc1)c1ccc(OC(F)F)cc1. The number of benzene rings is 2. The van der Waals surface area contributed by atoms with Gasteiger partial charge in [0.2, 0.25) is 0 Å². The van der Waals surface area contributed by atoms with Crippen molar-refractivity contribution in [2.45, 2.75) is 19.7 Å². The van der Waals surface area contributed by atoms with Gasteiger partial charge in [-0.15, -0.1) is 0 Å². The number of morpholine rings is 1. The Bertz CT molecular complexity index is 730. The minimum atomic E-state index is -2.88. The van der Waals surface area contributed by atoms with Gasteiger partial charge in [-0.25, -0.2) is 0 Å². The van der Waals surface area contributed by atoms with Crippen LogP contribution in [0.5, 0.6) is 5.75 Å². The van der Waals surface area contributed by atoms with E-state index >= 15 is 0 Å². The summed E-state index contributed by atoms with van der Waals surface area (Å²) in [5.74, 6) is -0.242. The van der Waals surface area contributed by atoms with Crippen molar-refractivity contribution in [2.75, 3.05) is 26.3 Å². The van der Waals surface area contributed by atoms with Gasteiger partial charge in [-0.2, -0.15) is 8.78 Å². The first-order valence-corrected chi connectivity index (χ1v) is 8.81. The molecule has 0 aromatic heterocycles. The molecule has 27 heavy (non-hydrogen) atoms. The Hall–Kier alpha value is -2.51. The quantitative estimate of drug-likeness (QED) is 0.807. The van der Waals surface area contributed by atoms with Crippen LogP contribution < -0.4 is 10.1 Å². The molecule has 0 spiro atoms. The van der Waals surface area contributed by atoms with Crippen LogP contribution in [0.4, 0.5) is 8.78 Å². The van der Waals surface area contributed by atoms with Gasteiger partial charge < -0.3 is 14.8 Å². The Morgan fingerprint density at radius 2 is 1.67 bits per heavy atom. The highest BCUT2D eigenvalue weighted by atomic mass is 19.3. The molecule has 0 radical (unpaired) electrons. The molecule has 1 aliphatic heterocycles. The minimum absolute atomic E-state index is 0.0254. The molecule has 1 N–H and O–H groups in total. The van der Waals surface area contributed by atoms with Gasteiger partial charge in [-0.3, -0.25) is 9.69 Å². The molecule has 1 amide bonds. The van der Waals surface area contributed by atoms with Crippen LogP contribution in [-0.4, -0.2) is 43.7 Å². The second kappa shape index (κ2) is 9.43. The molecular weight excluding hydrogens is 354 g/mol. The first-order valence-electron chi connectivity index (χ1n) is 8.81. The molecule has 0 atom stereocenters.